The largest absolute Gasteiger partial charge is 0.317 e. The minimum Gasteiger partial charge on any atom is -0.317 e. The van der Waals surface area contributed by atoms with E-state index in [2.05, 4.69) is 4.83 Å². The first-order valence-electron chi connectivity index (χ1n) is 5.03. The van der Waals surface area contributed by atoms with Gasteiger partial charge >= 0.3 is 0 Å². The van der Waals surface area contributed by atoms with Crippen LogP contribution in [0.25, 0.3) is 0 Å². The van der Waals surface area contributed by atoms with Crippen molar-refractivity contribution in [2.75, 3.05) is 6.67 Å². The highest BCUT2D eigenvalue weighted by Gasteiger charge is 2.28. The Hall–Kier alpha value is -0.460. The fourth-order valence-corrected chi connectivity index (χ4v) is 3.91. The molecule has 0 aromatic heterocycles. The Morgan fingerprint density at radius 2 is 2.10 bits per heavy atom. The molecule has 0 unspecified atom stereocenters. The summed E-state index contributed by atoms with van der Waals surface area (Å²) in [6.07, 6.45) is 0. The molecule has 0 spiro atoms. The van der Waals surface area contributed by atoms with Crippen LogP contribution < -0.4 is 14.8 Å². The van der Waals surface area contributed by atoms with Gasteiger partial charge in [-0.25, -0.2) is 21.8 Å². The monoisotopic (exact) mass is 362 g/mol. The van der Waals surface area contributed by atoms with E-state index in [1.165, 1.54) is 23.2 Å². The Morgan fingerprint density at radius 3 is 2.65 bits per heavy atom. The molecule has 0 saturated carbocycles. The summed E-state index contributed by atoms with van der Waals surface area (Å²) in [6, 6.07) is 3.63. The average molecular weight is 363 g/mol. The van der Waals surface area contributed by atoms with E-state index in [1.807, 2.05) is 0 Å². The number of rotatable bonds is 3. The number of sulfonamides is 2. The van der Waals surface area contributed by atoms with Gasteiger partial charge in [0.1, 0.15) is 0 Å². The Labute approximate surface area is 127 Å². The van der Waals surface area contributed by atoms with Crippen molar-refractivity contribution >= 4 is 44.2 Å². The second-order valence-corrected chi connectivity index (χ2v) is 7.55. The van der Waals surface area contributed by atoms with Crippen molar-refractivity contribution in [1.29, 1.82) is 0 Å². The van der Waals surface area contributed by atoms with Crippen LogP contribution in [0.1, 0.15) is 5.56 Å². The third-order valence-electron chi connectivity index (χ3n) is 2.56. The van der Waals surface area contributed by atoms with E-state index < -0.39 is 20.0 Å². The van der Waals surface area contributed by atoms with Gasteiger partial charge in [0.25, 0.3) is 20.0 Å². The van der Waals surface area contributed by atoms with Gasteiger partial charge in [0.05, 0.1) is 16.5 Å². The van der Waals surface area contributed by atoms with Gasteiger partial charge in [0, 0.05) is 6.54 Å². The first-order valence-corrected chi connectivity index (χ1v) is 8.37. The van der Waals surface area contributed by atoms with E-state index in [9.17, 15) is 16.8 Å². The number of hydrazine groups is 1. The zero-order valence-corrected chi connectivity index (χ0v) is 13.1. The van der Waals surface area contributed by atoms with Gasteiger partial charge in [0.2, 0.25) is 0 Å². The Bertz CT molecular complexity index is 707. The average Bonchev–Trinajstić information content (AvgIpc) is 2.37. The number of hydrogen-bond donors (Lipinski definition) is 3. The van der Waals surface area contributed by atoms with Crippen molar-refractivity contribution in [2.45, 2.75) is 16.3 Å². The summed E-state index contributed by atoms with van der Waals surface area (Å²) >= 11 is 5.12. The summed E-state index contributed by atoms with van der Waals surface area (Å²) in [6.45, 7) is 0.125. The van der Waals surface area contributed by atoms with Crippen LogP contribution in [0.15, 0.2) is 28.0 Å². The molecule has 0 bridgehead atoms. The van der Waals surface area contributed by atoms with E-state index >= 15 is 0 Å². The minimum atomic E-state index is -3.84. The highest BCUT2D eigenvalue weighted by atomic mass is 35.5. The molecule has 1 aliphatic heterocycles. The molecule has 0 amide bonds. The standard InChI is InChI=1S/C8H11ClN4O4S2.ClH/c9-11-18(14,15)7-1-2-8-6(3-7)4-13(5-10)12-19(8,16)17;/h1-3,11-12H,4-5,10H2;1H. The lowest BCUT2D eigenvalue weighted by atomic mass is 10.2. The lowest BCUT2D eigenvalue weighted by Crippen LogP contribution is -2.48. The molecule has 2 rings (SSSR count). The Balaban J connectivity index is 0.00000200. The summed E-state index contributed by atoms with van der Waals surface area (Å²) in [7, 11) is -7.57. The van der Waals surface area contributed by atoms with Crippen molar-refractivity contribution in [3.63, 3.8) is 0 Å². The third kappa shape index (κ3) is 3.23. The SMILES string of the molecule is Cl.NCN1Cc2cc(S(=O)(=O)NCl)ccc2S(=O)(=O)N1. The van der Waals surface area contributed by atoms with Gasteiger partial charge < -0.3 is 5.73 Å². The number of nitrogens with one attached hydrogen (secondary N) is 2. The fraction of sp³-hybridized carbons (Fsp3) is 0.250. The van der Waals surface area contributed by atoms with Crippen LogP contribution in [-0.4, -0.2) is 28.5 Å². The maximum absolute atomic E-state index is 11.9. The van der Waals surface area contributed by atoms with Crippen molar-refractivity contribution in [3.8, 4) is 0 Å². The van der Waals surface area contributed by atoms with E-state index in [-0.39, 0.29) is 35.4 Å². The molecule has 1 heterocycles. The summed E-state index contributed by atoms with van der Waals surface area (Å²) in [5.74, 6) is 0. The second kappa shape index (κ2) is 6.12. The van der Waals surface area contributed by atoms with Gasteiger partial charge in [-0.3, -0.25) is 0 Å². The van der Waals surface area contributed by atoms with Crippen molar-refractivity contribution in [3.05, 3.63) is 23.8 Å². The van der Waals surface area contributed by atoms with Crippen molar-refractivity contribution in [2.24, 2.45) is 5.73 Å². The van der Waals surface area contributed by atoms with Crippen LogP contribution in [0.3, 0.4) is 0 Å². The molecule has 1 aromatic carbocycles. The Kier molecular flexibility index (Phi) is 5.38. The molecule has 8 nitrogen and oxygen atoms in total. The number of benzene rings is 1. The maximum atomic E-state index is 11.9. The smallest absolute Gasteiger partial charge is 0.253 e. The van der Waals surface area contributed by atoms with E-state index in [0.29, 0.717) is 5.56 Å². The predicted octanol–water partition coefficient (Wildman–Crippen LogP) is -0.534. The molecule has 12 heteroatoms. The summed E-state index contributed by atoms with van der Waals surface area (Å²) < 4.78 is 48.5. The first kappa shape index (κ1) is 17.6. The molecule has 1 aliphatic rings. The van der Waals surface area contributed by atoms with Crippen LogP contribution in [0.2, 0.25) is 0 Å². The molecule has 0 radical (unpaired) electrons. The van der Waals surface area contributed by atoms with Gasteiger partial charge in [-0.05, 0) is 35.5 Å². The normalized spacial score (nSPS) is 18.1. The zero-order chi connectivity index (χ0) is 14.3. The van der Waals surface area contributed by atoms with Crippen LogP contribution in [0.4, 0.5) is 0 Å². The van der Waals surface area contributed by atoms with Gasteiger partial charge in [-0.15, -0.1) is 21.5 Å². The Morgan fingerprint density at radius 1 is 1.45 bits per heavy atom. The summed E-state index contributed by atoms with van der Waals surface area (Å²) in [5, 5.41) is 1.25. The molecule has 20 heavy (non-hydrogen) atoms. The molecule has 0 saturated heterocycles. The molecule has 0 fully saturated rings. The molecule has 1 aromatic rings. The zero-order valence-electron chi connectivity index (χ0n) is 9.91. The van der Waals surface area contributed by atoms with E-state index in [4.69, 9.17) is 17.5 Å². The van der Waals surface area contributed by atoms with Gasteiger partial charge in [-0.1, -0.05) is 0 Å². The first-order chi connectivity index (χ1) is 8.80. The fourth-order valence-electron chi connectivity index (χ4n) is 1.71. The number of fused-ring (bicyclic) bond motifs is 1. The van der Waals surface area contributed by atoms with Crippen molar-refractivity contribution < 1.29 is 16.8 Å². The predicted molar refractivity (Wildman–Crippen MR) is 74.8 cm³/mol. The lowest BCUT2D eigenvalue weighted by Gasteiger charge is -2.27. The molecule has 0 atom stereocenters. The summed E-state index contributed by atoms with van der Waals surface area (Å²) in [4.78, 5) is 2.16. The second-order valence-electron chi connectivity index (χ2n) is 3.83. The molecule has 0 aliphatic carbocycles. The lowest BCUT2D eigenvalue weighted by molar-refractivity contribution is 0.228. The summed E-state index contributed by atoms with van der Waals surface area (Å²) in [5.41, 5.74) is 5.71. The molecular formula is C8H12Cl2N4O4S2. The molecule has 4 N–H and O–H groups in total. The van der Waals surface area contributed by atoms with E-state index in [0.717, 1.165) is 0 Å². The number of nitrogens with zero attached hydrogens (tertiary/aromatic N) is 1. The number of halogens is 2. The van der Waals surface area contributed by atoms with Crippen LogP contribution in [0.5, 0.6) is 0 Å². The number of nitrogens with two attached hydrogens (primary N) is 1. The highest BCUT2D eigenvalue weighted by Crippen LogP contribution is 2.24. The topological polar surface area (TPSA) is 122 Å². The molecular weight excluding hydrogens is 351 g/mol. The van der Waals surface area contributed by atoms with Gasteiger partial charge in [-0.2, -0.15) is 0 Å². The van der Waals surface area contributed by atoms with E-state index in [1.54, 1.807) is 4.24 Å². The number of hydrogen-bond acceptors (Lipinski definition) is 6. The van der Waals surface area contributed by atoms with Crippen molar-refractivity contribution in [1.82, 2.24) is 14.1 Å². The minimum absolute atomic E-state index is 0. The highest BCUT2D eigenvalue weighted by molar-refractivity contribution is 7.90. The molecule has 114 valence electrons. The third-order valence-corrected chi connectivity index (χ3v) is 5.73. The maximum Gasteiger partial charge on any atom is 0.253 e. The quantitative estimate of drug-likeness (QED) is 0.621. The van der Waals surface area contributed by atoms with Gasteiger partial charge in [0.15, 0.2) is 0 Å². The van der Waals surface area contributed by atoms with Crippen LogP contribution in [0, 0.1) is 0 Å². The van der Waals surface area contributed by atoms with Crippen LogP contribution in [-0.2, 0) is 26.6 Å². The van der Waals surface area contributed by atoms with Crippen LogP contribution >= 0.6 is 24.2 Å².